The molecule has 1 aromatic heterocycles. The van der Waals surface area contributed by atoms with E-state index in [4.69, 9.17) is 0 Å². The second kappa shape index (κ2) is 7.25. The molecule has 1 rings (SSSR count). The van der Waals surface area contributed by atoms with Gasteiger partial charge in [-0.2, -0.15) is 0 Å². The first-order valence-corrected chi connectivity index (χ1v) is 4.36. The maximum absolute atomic E-state index is 11.2. The normalized spacial score (nSPS) is 8.87. The van der Waals surface area contributed by atoms with E-state index in [1.807, 2.05) is 0 Å². The van der Waals surface area contributed by atoms with Gasteiger partial charge in [0.1, 0.15) is 5.00 Å². The van der Waals surface area contributed by atoms with Crippen molar-refractivity contribution >= 4 is 28.5 Å². The summed E-state index contributed by atoms with van der Waals surface area (Å²) in [6.07, 6.45) is 1.37. The van der Waals surface area contributed by atoms with Crippen molar-refractivity contribution in [2.24, 2.45) is 0 Å². The summed E-state index contributed by atoms with van der Waals surface area (Å²) >= 11 is 1.00. The Balaban J connectivity index is 0.00000196. The summed E-state index contributed by atoms with van der Waals surface area (Å²) in [5.74, 6) is -1.31. The predicted molar refractivity (Wildman–Crippen MR) is 46.6 cm³/mol. The van der Waals surface area contributed by atoms with Crippen molar-refractivity contribution in [2.75, 3.05) is 18.9 Å². The summed E-state index contributed by atoms with van der Waals surface area (Å²) in [5.41, 5.74) is 0. The first kappa shape index (κ1) is 14.9. The zero-order valence-corrected chi connectivity index (χ0v) is 12.2. The van der Waals surface area contributed by atoms with Crippen LogP contribution in [0.3, 0.4) is 0 Å². The van der Waals surface area contributed by atoms with E-state index in [-0.39, 0.29) is 51.4 Å². The summed E-state index contributed by atoms with van der Waals surface area (Å²) in [4.78, 5) is 22.4. The van der Waals surface area contributed by atoms with Crippen LogP contribution >= 0.6 is 11.5 Å². The fourth-order valence-corrected chi connectivity index (χ4v) is 1.10. The largest absolute Gasteiger partial charge is 1.00 e. The van der Waals surface area contributed by atoms with E-state index < -0.39 is 18.5 Å². The maximum atomic E-state index is 11.2. The molecule has 0 aliphatic rings. The average Bonchev–Trinajstić information content (AvgIpc) is 2.55. The Hall–Kier alpha value is -0.0636. The Morgan fingerprint density at radius 3 is 2.80 bits per heavy atom. The van der Waals surface area contributed by atoms with Crippen molar-refractivity contribution in [1.29, 1.82) is 0 Å². The molecule has 1 N–H and O–H groups in total. The molecule has 1 heterocycles. The Labute approximate surface area is 132 Å². The summed E-state index contributed by atoms with van der Waals surface area (Å²) in [7, 11) is 1.35. The van der Waals surface area contributed by atoms with Crippen molar-refractivity contribution in [3.8, 4) is 0 Å². The fraction of sp³-hybridized carbons (Fsp3) is 0.333. The SMILES string of the molecule is CN(CC(=O)[O-])C(=O)Nc1cnns1.[K+]. The Morgan fingerprint density at radius 2 is 2.33 bits per heavy atom. The molecule has 0 saturated carbocycles. The molecule has 0 aromatic carbocycles. The molecule has 2 amide bonds. The number of nitrogens with zero attached hydrogens (tertiary/aromatic N) is 3. The van der Waals surface area contributed by atoms with E-state index in [1.54, 1.807) is 0 Å². The maximum Gasteiger partial charge on any atom is 1.00 e. The molecule has 7 nitrogen and oxygen atoms in total. The standard InChI is InChI=1S/C6H8N4O3S.K/c1-10(3-5(11)12)6(13)8-4-2-7-9-14-4;/h2H,3H2,1H3,(H,8,13)(H,11,12);/q;+1/p-1. The van der Waals surface area contributed by atoms with Gasteiger partial charge >= 0.3 is 57.4 Å². The zero-order valence-electron chi connectivity index (χ0n) is 8.26. The number of aliphatic carboxylic acids is 1. The molecule has 0 bridgehead atoms. The van der Waals surface area contributed by atoms with Crippen molar-refractivity contribution in [3.05, 3.63) is 6.20 Å². The molecule has 0 fully saturated rings. The van der Waals surface area contributed by atoms with Crippen LogP contribution < -0.4 is 61.8 Å². The summed E-state index contributed by atoms with van der Waals surface area (Å²) in [5, 5.41) is 16.5. The number of hydrogen-bond acceptors (Lipinski definition) is 6. The van der Waals surface area contributed by atoms with Gasteiger partial charge in [0.25, 0.3) is 0 Å². The predicted octanol–water partition coefficient (Wildman–Crippen LogP) is -4.24. The van der Waals surface area contributed by atoms with Crippen LogP contribution in [0.5, 0.6) is 0 Å². The number of carboxylic acid groups (broad SMARTS) is 1. The second-order valence-electron chi connectivity index (χ2n) is 2.44. The number of aromatic nitrogens is 2. The third kappa shape index (κ3) is 5.54. The summed E-state index contributed by atoms with van der Waals surface area (Å²) in [6, 6.07) is -0.541. The summed E-state index contributed by atoms with van der Waals surface area (Å²) in [6.45, 7) is -0.460. The van der Waals surface area contributed by atoms with Gasteiger partial charge in [-0.05, 0) is 0 Å². The Morgan fingerprint density at radius 1 is 1.67 bits per heavy atom. The van der Waals surface area contributed by atoms with Gasteiger partial charge in [-0.1, -0.05) is 4.49 Å². The molecular weight excluding hydrogens is 247 g/mol. The molecule has 0 spiro atoms. The molecule has 0 radical (unpaired) electrons. The number of rotatable bonds is 3. The number of urea groups is 1. The number of anilines is 1. The van der Waals surface area contributed by atoms with E-state index in [0.717, 1.165) is 16.4 Å². The van der Waals surface area contributed by atoms with Crippen LogP contribution in [0.1, 0.15) is 0 Å². The van der Waals surface area contributed by atoms with Crippen molar-refractivity contribution < 1.29 is 66.1 Å². The van der Waals surface area contributed by atoms with Gasteiger partial charge in [-0.3, -0.25) is 5.32 Å². The van der Waals surface area contributed by atoms with Crippen LogP contribution in [0.25, 0.3) is 0 Å². The number of carboxylic acids is 1. The number of carbonyl (C=O) groups excluding carboxylic acids is 2. The van der Waals surface area contributed by atoms with Gasteiger partial charge in [-0.15, -0.1) is 5.10 Å². The molecule has 15 heavy (non-hydrogen) atoms. The van der Waals surface area contributed by atoms with Gasteiger partial charge < -0.3 is 14.8 Å². The van der Waals surface area contributed by atoms with Crippen LogP contribution in [0, 0.1) is 0 Å². The van der Waals surface area contributed by atoms with Crippen molar-refractivity contribution in [2.45, 2.75) is 0 Å². The number of nitrogens with one attached hydrogen (secondary N) is 1. The van der Waals surface area contributed by atoms with Gasteiger partial charge in [0.2, 0.25) is 0 Å². The molecule has 0 atom stereocenters. The molecule has 0 aliphatic heterocycles. The quantitative estimate of drug-likeness (QED) is 0.551. The number of likely N-dealkylation sites (N-methyl/N-ethyl adjacent to an activating group) is 1. The zero-order chi connectivity index (χ0) is 10.6. The van der Waals surface area contributed by atoms with Gasteiger partial charge in [0.15, 0.2) is 0 Å². The third-order valence-electron chi connectivity index (χ3n) is 1.30. The Kier molecular flexibility index (Phi) is 7.22. The minimum Gasteiger partial charge on any atom is -0.548 e. The van der Waals surface area contributed by atoms with Crippen LogP contribution in [-0.4, -0.2) is 40.1 Å². The van der Waals surface area contributed by atoms with E-state index in [9.17, 15) is 14.7 Å². The van der Waals surface area contributed by atoms with Crippen molar-refractivity contribution in [1.82, 2.24) is 14.5 Å². The van der Waals surface area contributed by atoms with E-state index in [2.05, 4.69) is 14.9 Å². The number of amides is 2. The van der Waals surface area contributed by atoms with E-state index in [1.165, 1.54) is 13.2 Å². The monoisotopic (exact) mass is 254 g/mol. The van der Waals surface area contributed by atoms with E-state index >= 15 is 0 Å². The average molecular weight is 254 g/mol. The minimum atomic E-state index is -1.31. The smallest absolute Gasteiger partial charge is 0.548 e. The van der Waals surface area contributed by atoms with Gasteiger partial charge in [0, 0.05) is 18.6 Å². The first-order chi connectivity index (χ1) is 6.59. The molecule has 0 aliphatic carbocycles. The third-order valence-corrected chi connectivity index (χ3v) is 1.88. The Bertz CT molecular complexity index is 331. The molecule has 0 unspecified atom stereocenters. The van der Waals surface area contributed by atoms with Gasteiger partial charge in [-0.25, -0.2) is 4.79 Å². The molecule has 76 valence electrons. The topological polar surface area (TPSA) is 98.2 Å². The number of carbonyl (C=O) groups is 2. The summed E-state index contributed by atoms with van der Waals surface area (Å²) < 4.78 is 3.53. The molecule has 9 heteroatoms. The van der Waals surface area contributed by atoms with Crippen LogP contribution in [0.4, 0.5) is 9.80 Å². The molecular formula is C6H7KN4O3S. The van der Waals surface area contributed by atoms with Crippen LogP contribution in [-0.2, 0) is 4.79 Å². The number of hydrogen-bond donors (Lipinski definition) is 1. The second-order valence-corrected chi connectivity index (χ2v) is 3.23. The van der Waals surface area contributed by atoms with Gasteiger partial charge in [0.05, 0.1) is 18.7 Å². The van der Waals surface area contributed by atoms with Crippen LogP contribution in [0.2, 0.25) is 0 Å². The van der Waals surface area contributed by atoms with Crippen molar-refractivity contribution in [3.63, 3.8) is 0 Å². The minimum absolute atomic E-state index is 0. The molecule has 1 aromatic rings. The van der Waals surface area contributed by atoms with Crippen LogP contribution in [0.15, 0.2) is 6.20 Å². The van der Waals surface area contributed by atoms with E-state index in [0.29, 0.717) is 5.00 Å². The molecule has 0 saturated heterocycles. The fourth-order valence-electron chi connectivity index (χ4n) is 0.689. The first-order valence-electron chi connectivity index (χ1n) is 3.59.